The molecule has 1 unspecified atom stereocenters. The van der Waals surface area contributed by atoms with E-state index in [1.165, 1.54) is 0 Å². The normalized spacial score (nSPS) is 13.0. The third-order valence-electron chi connectivity index (χ3n) is 1.93. The van der Waals surface area contributed by atoms with Crippen LogP contribution in [0.4, 0.5) is 0 Å². The first kappa shape index (κ1) is 10.3. The summed E-state index contributed by atoms with van der Waals surface area (Å²) in [6.07, 6.45) is 1.69. The van der Waals surface area contributed by atoms with Crippen LogP contribution in [0.2, 0.25) is 0 Å². The highest BCUT2D eigenvalue weighted by Crippen LogP contribution is 2.10. The number of aryl methyl sites for hydroxylation is 1. The number of hydrogen-bond acceptors (Lipinski definition) is 5. The van der Waals surface area contributed by atoms with E-state index in [1.807, 2.05) is 19.2 Å². The van der Waals surface area contributed by atoms with Crippen molar-refractivity contribution in [3.8, 4) is 0 Å². The Kier molecular flexibility index (Phi) is 2.79. The van der Waals surface area contributed by atoms with Gasteiger partial charge < -0.3 is 5.73 Å². The van der Waals surface area contributed by atoms with Crippen molar-refractivity contribution in [2.75, 3.05) is 0 Å². The zero-order valence-corrected chi connectivity index (χ0v) is 9.53. The molecule has 6 heteroatoms. The first-order chi connectivity index (χ1) is 7.15. The lowest BCUT2D eigenvalue weighted by atomic mass is 10.4. The lowest BCUT2D eigenvalue weighted by Gasteiger charge is -1.97. The van der Waals surface area contributed by atoms with Gasteiger partial charge in [0.2, 0.25) is 0 Å². The number of hydrogen-bond donors (Lipinski definition) is 1. The second-order valence-electron chi connectivity index (χ2n) is 3.47. The molecular weight excluding hydrogens is 210 g/mol. The number of nitrogens with zero attached hydrogens (tertiary/aromatic N) is 4. The van der Waals surface area contributed by atoms with E-state index in [0.29, 0.717) is 12.4 Å². The predicted octanol–water partition coefficient (Wildman–Crippen LogP) is 1.11. The molecule has 0 aliphatic rings. The molecule has 15 heavy (non-hydrogen) atoms. The van der Waals surface area contributed by atoms with Crippen molar-refractivity contribution in [1.82, 2.24) is 19.7 Å². The molecule has 2 aromatic rings. The maximum atomic E-state index is 5.67. The molecule has 0 radical (unpaired) electrons. The van der Waals surface area contributed by atoms with E-state index >= 15 is 0 Å². The molecule has 1 atom stereocenters. The van der Waals surface area contributed by atoms with E-state index in [2.05, 4.69) is 15.1 Å². The van der Waals surface area contributed by atoms with Crippen LogP contribution in [0.5, 0.6) is 0 Å². The maximum absolute atomic E-state index is 5.67. The molecule has 0 saturated carbocycles. The number of rotatable bonds is 3. The summed E-state index contributed by atoms with van der Waals surface area (Å²) in [5.74, 6) is 0.670. The molecule has 2 aromatic heterocycles. The van der Waals surface area contributed by atoms with Crippen molar-refractivity contribution in [1.29, 1.82) is 0 Å². The molecule has 0 aromatic carbocycles. The molecule has 0 bridgehead atoms. The highest BCUT2D eigenvalue weighted by molar-refractivity contribution is 7.09. The van der Waals surface area contributed by atoms with Crippen molar-refractivity contribution in [3.63, 3.8) is 0 Å². The van der Waals surface area contributed by atoms with Crippen molar-refractivity contribution >= 4 is 11.3 Å². The SMILES string of the molecule is Cc1csc(Cn2cnc(C(C)N)n2)n1. The average molecular weight is 223 g/mol. The van der Waals surface area contributed by atoms with Gasteiger partial charge >= 0.3 is 0 Å². The quantitative estimate of drug-likeness (QED) is 0.846. The number of aromatic nitrogens is 4. The van der Waals surface area contributed by atoms with Crippen LogP contribution in [-0.4, -0.2) is 19.7 Å². The Hall–Kier alpha value is -1.27. The molecule has 0 amide bonds. The Morgan fingerprint density at radius 1 is 1.60 bits per heavy atom. The molecule has 2 heterocycles. The standard InChI is InChI=1S/C9H13N5S/c1-6-4-15-8(12-6)3-14-5-11-9(13-14)7(2)10/h4-5,7H,3,10H2,1-2H3. The van der Waals surface area contributed by atoms with Crippen LogP contribution in [0.1, 0.15) is 29.5 Å². The van der Waals surface area contributed by atoms with E-state index in [0.717, 1.165) is 10.7 Å². The minimum absolute atomic E-state index is 0.121. The molecule has 2 rings (SSSR count). The first-order valence-corrected chi connectivity index (χ1v) is 5.59. The van der Waals surface area contributed by atoms with E-state index in [1.54, 1.807) is 22.3 Å². The minimum atomic E-state index is -0.121. The molecule has 0 spiro atoms. The molecule has 0 saturated heterocycles. The molecule has 0 aliphatic carbocycles. The van der Waals surface area contributed by atoms with Gasteiger partial charge in [-0.15, -0.1) is 11.3 Å². The lowest BCUT2D eigenvalue weighted by Crippen LogP contribution is -2.08. The van der Waals surface area contributed by atoms with E-state index in [4.69, 9.17) is 5.73 Å². The predicted molar refractivity (Wildman–Crippen MR) is 58.6 cm³/mol. The van der Waals surface area contributed by atoms with Gasteiger partial charge in [-0.1, -0.05) is 0 Å². The van der Waals surface area contributed by atoms with Gasteiger partial charge in [0, 0.05) is 11.1 Å². The second-order valence-corrected chi connectivity index (χ2v) is 4.41. The van der Waals surface area contributed by atoms with Gasteiger partial charge in [-0.25, -0.2) is 14.6 Å². The summed E-state index contributed by atoms with van der Waals surface area (Å²) in [6, 6.07) is -0.121. The summed E-state index contributed by atoms with van der Waals surface area (Å²) in [4.78, 5) is 8.48. The Bertz CT molecular complexity index is 445. The molecule has 80 valence electrons. The maximum Gasteiger partial charge on any atom is 0.166 e. The second kappa shape index (κ2) is 4.08. The molecular formula is C9H13N5S. The molecule has 5 nitrogen and oxygen atoms in total. The van der Waals surface area contributed by atoms with Gasteiger partial charge in [-0.05, 0) is 13.8 Å². The topological polar surface area (TPSA) is 69.6 Å². The summed E-state index contributed by atoms with van der Waals surface area (Å²) in [7, 11) is 0. The fraction of sp³-hybridized carbons (Fsp3) is 0.444. The fourth-order valence-corrected chi connectivity index (χ4v) is 1.97. The molecule has 0 aliphatic heterocycles. The van der Waals surface area contributed by atoms with E-state index < -0.39 is 0 Å². The van der Waals surface area contributed by atoms with Crippen LogP contribution in [0.15, 0.2) is 11.7 Å². The number of nitrogens with two attached hydrogens (primary N) is 1. The van der Waals surface area contributed by atoms with Gasteiger partial charge in [0.05, 0.1) is 12.6 Å². The smallest absolute Gasteiger partial charge is 0.166 e. The van der Waals surface area contributed by atoms with Crippen molar-refractivity contribution in [2.24, 2.45) is 5.73 Å². The average Bonchev–Trinajstić information content (AvgIpc) is 2.76. The minimum Gasteiger partial charge on any atom is -0.321 e. The van der Waals surface area contributed by atoms with Crippen molar-refractivity contribution in [2.45, 2.75) is 26.4 Å². The van der Waals surface area contributed by atoms with Crippen LogP contribution < -0.4 is 5.73 Å². The highest BCUT2D eigenvalue weighted by atomic mass is 32.1. The van der Waals surface area contributed by atoms with Crippen LogP contribution in [0.25, 0.3) is 0 Å². The van der Waals surface area contributed by atoms with Gasteiger partial charge in [-0.2, -0.15) is 5.10 Å². The summed E-state index contributed by atoms with van der Waals surface area (Å²) in [6.45, 7) is 4.51. The van der Waals surface area contributed by atoms with E-state index in [9.17, 15) is 0 Å². The summed E-state index contributed by atoms with van der Waals surface area (Å²) >= 11 is 1.63. The highest BCUT2D eigenvalue weighted by Gasteiger charge is 2.06. The number of thiazole rings is 1. The largest absolute Gasteiger partial charge is 0.321 e. The Morgan fingerprint density at radius 2 is 2.40 bits per heavy atom. The van der Waals surface area contributed by atoms with Crippen molar-refractivity contribution in [3.05, 3.63) is 28.2 Å². The van der Waals surface area contributed by atoms with Crippen LogP contribution >= 0.6 is 11.3 Å². The Balaban J connectivity index is 2.11. The Labute approximate surface area is 92.0 Å². The third kappa shape index (κ3) is 2.40. The van der Waals surface area contributed by atoms with Gasteiger partial charge in [0.25, 0.3) is 0 Å². The fourth-order valence-electron chi connectivity index (χ4n) is 1.21. The van der Waals surface area contributed by atoms with Crippen molar-refractivity contribution < 1.29 is 0 Å². The zero-order chi connectivity index (χ0) is 10.8. The molecule has 2 N–H and O–H groups in total. The third-order valence-corrected chi connectivity index (χ3v) is 2.88. The van der Waals surface area contributed by atoms with Crippen LogP contribution in [-0.2, 0) is 6.54 Å². The van der Waals surface area contributed by atoms with Crippen LogP contribution in [0.3, 0.4) is 0 Å². The first-order valence-electron chi connectivity index (χ1n) is 4.71. The van der Waals surface area contributed by atoms with Crippen LogP contribution in [0, 0.1) is 6.92 Å². The van der Waals surface area contributed by atoms with Gasteiger partial charge in [0.1, 0.15) is 11.3 Å². The Morgan fingerprint density at radius 3 is 2.93 bits per heavy atom. The van der Waals surface area contributed by atoms with E-state index in [-0.39, 0.29) is 6.04 Å². The monoisotopic (exact) mass is 223 g/mol. The van der Waals surface area contributed by atoms with Gasteiger partial charge in [-0.3, -0.25) is 0 Å². The lowest BCUT2D eigenvalue weighted by molar-refractivity contribution is 0.647. The summed E-state index contributed by atoms with van der Waals surface area (Å²) in [5, 5.41) is 7.32. The van der Waals surface area contributed by atoms with Gasteiger partial charge in [0.15, 0.2) is 5.82 Å². The zero-order valence-electron chi connectivity index (χ0n) is 8.71. The summed E-state index contributed by atoms with van der Waals surface area (Å²) in [5.41, 5.74) is 6.72. The summed E-state index contributed by atoms with van der Waals surface area (Å²) < 4.78 is 1.76. The molecule has 0 fully saturated rings.